The first-order chi connectivity index (χ1) is 14.6. The second kappa shape index (κ2) is 8.30. The van der Waals surface area contributed by atoms with E-state index >= 15 is 0 Å². The first-order valence-corrected chi connectivity index (χ1v) is 9.96. The van der Waals surface area contributed by atoms with Gasteiger partial charge in [-0.3, -0.25) is 0 Å². The van der Waals surface area contributed by atoms with Crippen molar-refractivity contribution < 1.29 is 24.8 Å². The molecule has 5 nitrogen and oxygen atoms in total. The van der Waals surface area contributed by atoms with Crippen LogP contribution in [0.4, 0.5) is 0 Å². The van der Waals surface area contributed by atoms with Crippen LogP contribution in [0.25, 0.3) is 0 Å². The summed E-state index contributed by atoms with van der Waals surface area (Å²) in [7, 11) is 1.42. The van der Waals surface area contributed by atoms with Crippen LogP contribution in [0.3, 0.4) is 0 Å². The molecule has 3 aromatic carbocycles. The summed E-state index contributed by atoms with van der Waals surface area (Å²) >= 11 is 0. The minimum atomic E-state index is -1.93. The number of aliphatic hydroxyl groups excluding tert-OH is 2. The van der Waals surface area contributed by atoms with Crippen LogP contribution in [-0.2, 0) is 14.9 Å². The van der Waals surface area contributed by atoms with E-state index in [9.17, 15) is 15.3 Å². The molecule has 1 heterocycles. The van der Waals surface area contributed by atoms with Crippen LogP contribution in [0, 0.1) is 0 Å². The molecular formula is C25H26O5. The van der Waals surface area contributed by atoms with Crippen molar-refractivity contribution in [3.8, 4) is 0 Å². The molecule has 0 bridgehead atoms. The molecule has 0 saturated carbocycles. The van der Waals surface area contributed by atoms with Crippen LogP contribution in [0.2, 0.25) is 0 Å². The Bertz CT molecular complexity index is 846. The Morgan fingerprint density at radius 2 is 1.23 bits per heavy atom. The van der Waals surface area contributed by atoms with Gasteiger partial charge in [0, 0.05) is 7.11 Å². The highest BCUT2D eigenvalue weighted by atomic mass is 16.7. The van der Waals surface area contributed by atoms with Gasteiger partial charge in [-0.2, -0.15) is 0 Å². The van der Waals surface area contributed by atoms with Gasteiger partial charge in [0.1, 0.15) is 12.2 Å². The van der Waals surface area contributed by atoms with Crippen LogP contribution in [-0.4, -0.2) is 53.1 Å². The molecular weight excluding hydrogens is 380 g/mol. The van der Waals surface area contributed by atoms with E-state index in [0.29, 0.717) is 0 Å². The first kappa shape index (κ1) is 20.7. The number of methoxy groups -OCH3 is 1. The second-order valence-electron chi connectivity index (χ2n) is 7.54. The van der Waals surface area contributed by atoms with Gasteiger partial charge in [0.15, 0.2) is 11.9 Å². The van der Waals surface area contributed by atoms with Gasteiger partial charge < -0.3 is 24.8 Å². The van der Waals surface area contributed by atoms with Gasteiger partial charge in [0.2, 0.25) is 0 Å². The van der Waals surface area contributed by atoms with Crippen molar-refractivity contribution in [1.82, 2.24) is 0 Å². The van der Waals surface area contributed by atoms with Crippen LogP contribution >= 0.6 is 0 Å². The van der Waals surface area contributed by atoms with Crippen LogP contribution < -0.4 is 0 Å². The smallest absolute Gasteiger partial charge is 0.190 e. The normalized spacial score (nSPS) is 26.6. The monoisotopic (exact) mass is 406 g/mol. The van der Waals surface area contributed by atoms with Crippen molar-refractivity contribution >= 4 is 0 Å². The highest BCUT2D eigenvalue weighted by Crippen LogP contribution is 2.54. The van der Waals surface area contributed by atoms with Crippen molar-refractivity contribution in [1.29, 1.82) is 0 Å². The molecule has 1 saturated heterocycles. The van der Waals surface area contributed by atoms with E-state index in [1.807, 2.05) is 91.0 Å². The molecule has 0 spiro atoms. The van der Waals surface area contributed by atoms with Gasteiger partial charge >= 0.3 is 0 Å². The van der Waals surface area contributed by atoms with Crippen molar-refractivity contribution in [2.24, 2.45) is 0 Å². The molecule has 3 N–H and O–H groups in total. The van der Waals surface area contributed by atoms with Gasteiger partial charge in [0.25, 0.3) is 0 Å². The number of hydrogen-bond donors (Lipinski definition) is 3. The van der Waals surface area contributed by atoms with Crippen LogP contribution in [0.5, 0.6) is 0 Å². The Balaban J connectivity index is 2.13. The molecule has 1 aliphatic rings. The maximum absolute atomic E-state index is 12.4. The number of rotatable bonds is 6. The third-order valence-electron chi connectivity index (χ3n) is 6.08. The van der Waals surface area contributed by atoms with Crippen molar-refractivity contribution in [2.45, 2.75) is 29.5 Å². The maximum Gasteiger partial charge on any atom is 0.190 e. The van der Waals surface area contributed by atoms with Gasteiger partial charge in [0.05, 0.1) is 12.0 Å². The standard InChI is InChI=1S/C25H26O5/c1-29-23-25(28,22(27)21(17-26)30-23)24(18-11-5-2-6-12-18,19-13-7-3-8-14-19)20-15-9-4-10-16-20/h2-16,21-23,26-28H,17H2,1H3. The Labute approximate surface area is 176 Å². The van der Waals surface area contributed by atoms with Gasteiger partial charge in [-0.05, 0) is 16.7 Å². The fraction of sp³-hybridized carbons (Fsp3) is 0.280. The quantitative estimate of drug-likeness (QED) is 0.548. The number of aliphatic hydroxyl groups is 3. The summed E-state index contributed by atoms with van der Waals surface area (Å²) in [5, 5.41) is 33.5. The number of benzene rings is 3. The van der Waals surface area contributed by atoms with E-state index in [-0.39, 0.29) is 0 Å². The summed E-state index contributed by atoms with van der Waals surface area (Å²) in [6.07, 6.45) is -3.58. The molecule has 3 aromatic rings. The molecule has 4 unspecified atom stereocenters. The lowest BCUT2D eigenvalue weighted by atomic mass is 9.57. The summed E-state index contributed by atoms with van der Waals surface area (Å²) in [6, 6.07) is 28.6. The molecule has 0 radical (unpaired) electrons. The lowest BCUT2D eigenvalue weighted by molar-refractivity contribution is -0.210. The zero-order chi connectivity index (χ0) is 21.2. The van der Waals surface area contributed by atoms with Gasteiger partial charge in [-0.15, -0.1) is 0 Å². The topological polar surface area (TPSA) is 79.2 Å². The lowest BCUT2D eigenvalue weighted by Crippen LogP contribution is -2.64. The predicted octanol–water partition coefficient (Wildman–Crippen LogP) is 2.48. The van der Waals surface area contributed by atoms with E-state index in [1.165, 1.54) is 7.11 Å². The average molecular weight is 406 g/mol. The fourth-order valence-electron chi connectivity index (χ4n) is 4.79. The lowest BCUT2D eigenvalue weighted by Gasteiger charge is -2.49. The minimum absolute atomic E-state index is 0.447. The summed E-state index contributed by atoms with van der Waals surface area (Å²) in [4.78, 5) is 0. The maximum atomic E-state index is 12.4. The fourth-order valence-corrected chi connectivity index (χ4v) is 4.79. The van der Waals surface area contributed by atoms with Crippen molar-refractivity contribution in [3.63, 3.8) is 0 Å². The van der Waals surface area contributed by atoms with E-state index in [2.05, 4.69) is 0 Å². The van der Waals surface area contributed by atoms with E-state index < -0.39 is 36.1 Å². The third-order valence-corrected chi connectivity index (χ3v) is 6.08. The summed E-state index contributed by atoms with van der Waals surface area (Å²) in [6.45, 7) is -0.447. The summed E-state index contributed by atoms with van der Waals surface area (Å²) < 4.78 is 11.3. The Hall–Kier alpha value is -2.54. The van der Waals surface area contributed by atoms with E-state index in [1.54, 1.807) is 0 Å². The van der Waals surface area contributed by atoms with Gasteiger partial charge in [-0.25, -0.2) is 0 Å². The third kappa shape index (κ3) is 2.90. The zero-order valence-electron chi connectivity index (χ0n) is 16.8. The molecule has 4 atom stereocenters. The Morgan fingerprint density at radius 3 is 1.57 bits per heavy atom. The van der Waals surface area contributed by atoms with Crippen LogP contribution in [0.1, 0.15) is 16.7 Å². The largest absolute Gasteiger partial charge is 0.394 e. The van der Waals surface area contributed by atoms with Crippen molar-refractivity contribution in [3.05, 3.63) is 108 Å². The molecule has 156 valence electrons. The molecule has 0 amide bonds. The minimum Gasteiger partial charge on any atom is -0.394 e. The van der Waals surface area contributed by atoms with E-state index in [0.717, 1.165) is 16.7 Å². The average Bonchev–Trinajstić information content (AvgIpc) is 3.07. The molecule has 4 rings (SSSR count). The molecule has 0 aliphatic carbocycles. The first-order valence-electron chi connectivity index (χ1n) is 9.96. The molecule has 5 heteroatoms. The molecule has 30 heavy (non-hydrogen) atoms. The Morgan fingerprint density at radius 1 is 0.833 bits per heavy atom. The number of hydrogen-bond acceptors (Lipinski definition) is 5. The predicted molar refractivity (Wildman–Crippen MR) is 113 cm³/mol. The van der Waals surface area contributed by atoms with Crippen LogP contribution in [0.15, 0.2) is 91.0 Å². The Kier molecular flexibility index (Phi) is 5.73. The highest BCUT2D eigenvalue weighted by molar-refractivity contribution is 5.55. The molecule has 1 aliphatic heterocycles. The highest BCUT2D eigenvalue weighted by Gasteiger charge is 2.68. The zero-order valence-corrected chi connectivity index (χ0v) is 16.8. The number of ether oxygens (including phenoxy) is 2. The SMILES string of the molecule is COC1OC(CO)C(O)C1(O)C(c1ccccc1)(c1ccccc1)c1ccccc1. The summed E-state index contributed by atoms with van der Waals surface area (Å²) in [5.74, 6) is 0. The molecule has 1 fully saturated rings. The second-order valence-corrected chi connectivity index (χ2v) is 7.54. The molecule has 0 aromatic heterocycles. The van der Waals surface area contributed by atoms with Crippen molar-refractivity contribution in [2.75, 3.05) is 13.7 Å². The summed E-state index contributed by atoms with van der Waals surface area (Å²) in [5.41, 5.74) is -0.852. The van der Waals surface area contributed by atoms with Gasteiger partial charge in [-0.1, -0.05) is 91.0 Å². The van der Waals surface area contributed by atoms with E-state index in [4.69, 9.17) is 9.47 Å².